The van der Waals surface area contributed by atoms with Gasteiger partial charge in [0.15, 0.2) is 6.07 Å². The number of hydrogen-bond donors (Lipinski definition) is 1. The van der Waals surface area contributed by atoms with E-state index in [1.807, 2.05) is 0 Å². The molecule has 1 N–H and O–H groups in total. The summed E-state index contributed by atoms with van der Waals surface area (Å²) in [4.78, 5) is 26.9. The van der Waals surface area contributed by atoms with Crippen LogP contribution in [0.2, 0.25) is 0 Å². The molecule has 0 aliphatic heterocycles. The van der Waals surface area contributed by atoms with Crippen LogP contribution in [0.3, 0.4) is 0 Å². The van der Waals surface area contributed by atoms with Crippen molar-refractivity contribution in [2.75, 3.05) is 6.07 Å². The van der Waals surface area contributed by atoms with E-state index in [2.05, 4.69) is 9.78 Å². The molecule has 0 heterocycles. The monoisotopic (exact) mass is 154 g/mol. The zero-order valence-corrected chi connectivity index (χ0v) is 4.92. The number of carboxylic acids is 1. The van der Waals surface area contributed by atoms with Crippen LogP contribution < -0.4 is 0 Å². The van der Waals surface area contributed by atoms with Gasteiger partial charge >= 0.3 is 11.9 Å². The van der Waals surface area contributed by atoms with E-state index in [1.54, 1.807) is 0 Å². The van der Waals surface area contributed by atoms with Gasteiger partial charge < -0.3 is 5.11 Å². The van der Waals surface area contributed by atoms with Crippen molar-refractivity contribution in [2.24, 2.45) is 0 Å². The summed E-state index contributed by atoms with van der Waals surface area (Å²) in [7, 11) is 0. The molecule has 0 amide bonds. The van der Waals surface area contributed by atoms with Crippen LogP contribution in [0.1, 0.15) is 0 Å². The SMILES string of the molecule is O=C(O)C(=O)OOCCl. The largest absolute Gasteiger partial charge is 0.473 e. The van der Waals surface area contributed by atoms with Gasteiger partial charge in [0.25, 0.3) is 0 Å². The minimum Gasteiger partial charge on any atom is -0.473 e. The van der Waals surface area contributed by atoms with Gasteiger partial charge in [0.05, 0.1) is 0 Å². The lowest BCUT2D eigenvalue weighted by molar-refractivity contribution is -0.260. The van der Waals surface area contributed by atoms with Crippen LogP contribution in [-0.4, -0.2) is 23.1 Å². The average molecular weight is 155 g/mol. The van der Waals surface area contributed by atoms with Crippen molar-refractivity contribution < 1.29 is 24.5 Å². The van der Waals surface area contributed by atoms with Gasteiger partial charge in [0, 0.05) is 0 Å². The van der Waals surface area contributed by atoms with Gasteiger partial charge in [-0.25, -0.2) is 9.59 Å². The Morgan fingerprint density at radius 3 is 2.44 bits per heavy atom. The van der Waals surface area contributed by atoms with Gasteiger partial charge in [-0.05, 0) is 0 Å². The molecular formula is C3H3ClO5. The van der Waals surface area contributed by atoms with Crippen LogP contribution in [0, 0.1) is 0 Å². The maximum absolute atomic E-state index is 9.90. The van der Waals surface area contributed by atoms with Crippen LogP contribution in [0.15, 0.2) is 0 Å². The number of halogens is 1. The van der Waals surface area contributed by atoms with Crippen molar-refractivity contribution in [3.63, 3.8) is 0 Å². The number of rotatable bonds is 2. The molecule has 0 aromatic rings. The van der Waals surface area contributed by atoms with Crippen molar-refractivity contribution in [1.29, 1.82) is 0 Å². The normalized spacial score (nSPS) is 8.56. The fraction of sp³-hybridized carbons (Fsp3) is 0.333. The second-order valence-corrected chi connectivity index (χ2v) is 1.12. The van der Waals surface area contributed by atoms with Crippen molar-refractivity contribution in [3.05, 3.63) is 0 Å². The Kier molecular flexibility index (Phi) is 3.74. The average Bonchev–Trinajstić information content (AvgIpc) is 1.82. The fourth-order valence-electron chi connectivity index (χ4n) is 0.111. The Morgan fingerprint density at radius 1 is 1.56 bits per heavy atom. The first-order chi connectivity index (χ1) is 4.18. The molecule has 0 aliphatic rings. The summed E-state index contributed by atoms with van der Waals surface area (Å²) in [5.74, 6) is -3.21. The van der Waals surface area contributed by atoms with E-state index in [0.29, 0.717) is 0 Å². The van der Waals surface area contributed by atoms with E-state index in [4.69, 9.17) is 16.7 Å². The minimum absolute atomic E-state index is 0.390. The van der Waals surface area contributed by atoms with Gasteiger partial charge in [-0.1, -0.05) is 11.6 Å². The first-order valence-corrected chi connectivity index (χ1v) is 2.34. The third kappa shape index (κ3) is 3.75. The maximum Gasteiger partial charge on any atom is 0.449 e. The third-order valence-electron chi connectivity index (χ3n) is 0.354. The van der Waals surface area contributed by atoms with E-state index in [1.165, 1.54) is 0 Å². The molecule has 0 saturated carbocycles. The topological polar surface area (TPSA) is 72.8 Å². The predicted molar refractivity (Wildman–Crippen MR) is 25.5 cm³/mol. The molecule has 0 fully saturated rings. The lowest BCUT2D eigenvalue weighted by Gasteiger charge is -1.93. The van der Waals surface area contributed by atoms with Crippen molar-refractivity contribution >= 4 is 23.5 Å². The van der Waals surface area contributed by atoms with Crippen LogP contribution in [0.4, 0.5) is 0 Å². The van der Waals surface area contributed by atoms with E-state index in [9.17, 15) is 9.59 Å². The van der Waals surface area contributed by atoms with Crippen molar-refractivity contribution in [3.8, 4) is 0 Å². The molecule has 6 heteroatoms. The van der Waals surface area contributed by atoms with E-state index >= 15 is 0 Å². The van der Waals surface area contributed by atoms with Crippen LogP contribution in [-0.2, 0) is 19.4 Å². The lowest BCUT2D eigenvalue weighted by atomic mass is 10.7. The molecule has 0 rings (SSSR count). The van der Waals surface area contributed by atoms with E-state index < -0.39 is 11.9 Å². The summed E-state index contributed by atoms with van der Waals surface area (Å²) >= 11 is 4.86. The molecule has 5 nitrogen and oxygen atoms in total. The molecule has 0 atom stereocenters. The highest BCUT2D eigenvalue weighted by atomic mass is 35.5. The molecule has 0 aromatic carbocycles. The van der Waals surface area contributed by atoms with E-state index in [0.717, 1.165) is 0 Å². The predicted octanol–water partition coefficient (Wildman–Crippen LogP) is -0.258. The highest BCUT2D eigenvalue weighted by Gasteiger charge is 2.13. The number of aliphatic carboxylic acids is 1. The molecule has 0 saturated heterocycles. The molecule has 9 heavy (non-hydrogen) atoms. The van der Waals surface area contributed by atoms with Gasteiger partial charge in [-0.15, -0.1) is 0 Å². The highest BCUT2D eigenvalue weighted by Crippen LogP contribution is 1.82. The Morgan fingerprint density at radius 2 is 2.11 bits per heavy atom. The molecule has 0 radical (unpaired) electrons. The fourth-order valence-corrected chi connectivity index (χ4v) is 0.156. The minimum atomic E-state index is -1.72. The van der Waals surface area contributed by atoms with Crippen molar-refractivity contribution in [1.82, 2.24) is 0 Å². The standard InChI is InChI=1S/C3H3ClO5/c4-1-8-9-3(7)2(5)6/h1H2,(H,5,6). The summed E-state index contributed by atoms with van der Waals surface area (Å²) in [6.45, 7) is 0. The summed E-state index contributed by atoms with van der Waals surface area (Å²) in [5.41, 5.74) is 0. The lowest BCUT2D eigenvalue weighted by Crippen LogP contribution is -2.15. The first kappa shape index (κ1) is 8.19. The number of carbonyl (C=O) groups is 2. The van der Waals surface area contributed by atoms with Crippen LogP contribution in [0.5, 0.6) is 0 Å². The van der Waals surface area contributed by atoms with Gasteiger partial charge in [-0.2, -0.15) is 4.89 Å². The summed E-state index contributed by atoms with van der Waals surface area (Å²) in [6.07, 6.45) is 0. The quantitative estimate of drug-likeness (QED) is 0.257. The molecule has 52 valence electrons. The number of hydrogen-bond acceptors (Lipinski definition) is 4. The second kappa shape index (κ2) is 4.11. The summed E-state index contributed by atoms with van der Waals surface area (Å²) in [5, 5.41) is 7.81. The maximum atomic E-state index is 9.90. The number of carbonyl (C=O) groups excluding carboxylic acids is 1. The Hall–Kier alpha value is -0.810. The Labute approximate surface area is 55.0 Å². The number of carboxylic acid groups (broad SMARTS) is 1. The third-order valence-corrected chi connectivity index (χ3v) is 0.443. The molecule has 0 unspecified atom stereocenters. The van der Waals surface area contributed by atoms with Gasteiger partial charge in [-0.3, -0.25) is 4.89 Å². The molecule has 0 aromatic heterocycles. The Balaban J connectivity index is 3.39. The second-order valence-electron chi connectivity index (χ2n) is 0.903. The van der Waals surface area contributed by atoms with Crippen LogP contribution >= 0.6 is 11.6 Å². The molecular weight excluding hydrogens is 151 g/mol. The van der Waals surface area contributed by atoms with Gasteiger partial charge in [0.1, 0.15) is 0 Å². The molecule has 0 bridgehead atoms. The molecule has 0 aliphatic carbocycles. The number of alkyl halides is 1. The summed E-state index contributed by atoms with van der Waals surface area (Å²) < 4.78 is 0. The van der Waals surface area contributed by atoms with Crippen LogP contribution in [0.25, 0.3) is 0 Å². The van der Waals surface area contributed by atoms with Gasteiger partial charge in [0.2, 0.25) is 0 Å². The van der Waals surface area contributed by atoms with Crippen molar-refractivity contribution in [2.45, 2.75) is 0 Å². The smallest absolute Gasteiger partial charge is 0.449 e. The summed E-state index contributed by atoms with van der Waals surface area (Å²) in [6, 6.07) is -0.390. The highest BCUT2D eigenvalue weighted by molar-refractivity contribution is 6.28. The Bertz CT molecular complexity index is 121. The first-order valence-electron chi connectivity index (χ1n) is 1.81. The zero-order chi connectivity index (χ0) is 7.28. The van der Waals surface area contributed by atoms with E-state index in [-0.39, 0.29) is 6.07 Å². The molecule has 0 spiro atoms. The zero-order valence-electron chi connectivity index (χ0n) is 4.17.